The van der Waals surface area contributed by atoms with E-state index in [0.29, 0.717) is 32.6 Å². The maximum atomic E-state index is 12.4. The standard InChI is InChI=1S/C13H23N3O3/c14-11(16-18)13(5-8-19-9-6-13)12(17)15-7-4-10-2-1-3-10/h10,18H,1-9H2,(H2,14,16)(H,15,17). The molecule has 19 heavy (non-hydrogen) atoms. The quantitative estimate of drug-likeness (QED) is 0.298. The zero-order valence-corrected chi connectivity index (χ0v) is 11.2. The Balaban J connectivity index is 1.91. The van der Waals surface area contributed by atoms with Crippen molar-refractivity contribution in [2.45, 2.75) is 38.5 Å². The number of nitrogens with two attached hydrogens (primary N) is 1. The summed E-state index contributed by atoms with van der Waals surface area (Å²) in [5, 5.41) is 14.9. The number of hydrogen-bond acceptors (Lipinski definition) is 4. The van der Waals surface area contributed by atoms with Crippen LogP contribution in [0.2, 0.25) is 0 Å². The lowest BCUT2D eigenvalue weighted by Gasteiger charge is -2.34. The minimum absolute atomic E-state index is 0.00283. The molecule has 108 valence electrons. The zero-order valence-electron chi connectivity index (χ0n) is 11.2. The molecule has 2 aliphatic rings. The summed E-state index contributed by atoms with van der Waals surface area (Å²) < 4.78 is 5.27. The second-order valence-electron chi connectivity index (χ2n) is 5.52. The molecule has 0 radical (unpaired) electrons. The van der Waals surface area contributed by atoms with Gasteiger partial charge in [0.1, 0.15) is 5.41 Å². The van der Waals surface area contributed by atoms with Crippen molar-refractivity contribution >= 4 is 11.7 Å². The van der Waals surface area contributed by atoms with Crippen molar-refractivity contribution in [2.75, 3.05) is 19.8 Å². The molecule has 0 spiro atoms. The molecule has 0 atom stereocenters. The normalized spacial score (nSPS) is 23.7. The average Bonchev–Trinajstić information content (AvgIpc) is 2.41. The van der Waals surface area contributed by atoms with Crippen molar-refractivity contribution in [2.24, 2.45) is 22.2 Å². The molecule has 4 N–H and O–H groups in total. The largest absolute Gasteiger partial charge is 0.409 e. The average molecular weight is 269 g/mol. The van der Waals surface area contributed by atoms with E-state index in [1.165, 1.54) is 19.3 Å². The first-order valence-corrected chi connectivity index (χ1v) is 7.03. The minimum Gasteiger partial charge on any atom is -0.409 e. The molecule has 1 amide bonds. The van der Waals surface area contributed by atoms with Crippen LogP contribution in [0.1, 0.15) is 38.5 Å². The predicted octanol–water partition coefficient (Wildman–Crippen LogP) is 0.836. The van der Waals surface area contributed by atoms with E-state index in [0.717, 1.165) is 12.3 Å². The van der Waals surface area contributed by atoms with Crippen LogP contribution in [0.4, 0.5) is 0 Å². The molecule has 6 nitrogen and oxygen atoms in total. The first-order chi connectivity index (χ1) is 9.19. The molecule has 1 saturated heterocycles. The van der Waals surface area contributed by atoms with E-state index in [1.54, 1.807) is 0 Å². The van der Waals surface area contributed by atoms with E-state index < -0.39 is 5.41 Å². The van der Waals surface area contributed by atoms with Crippen molar-refractivity contribution in [1.82, 2.24) is 5.32 Å². The van der Waals surface area contributed by atoms with E-state index in [4.69, 9.17) is 15.7 Å². The lowest BCUT2D eigenvalue weighted by atomic mass is 9.78. The van der Waals surface area contributed by atoms with Crippen LogP contribution in [0.5, 0.6) is 0 Å². The van der Waals surface area contributed by atoms with Gasteiger partial charge in [-0.15, -0.1) is 0 Å². The van der Waals surface area contributed by atoms with Crippen LogP contribution in [-0.2, 0) is 9.53 Å². The van der Waals surface area contributed by atoms with Crippen molar-refractivity contribution < 1.29 is 14.7 Å². The molecule has 0 aromatic rings. The fourth-order valence-electron chi connectivity index (χ4n) is 2.76. The number of rotatable bonds is 5. The van der Waals surface area contributed by atoms with Crippen LogP contribution < -0.4 is 11.1 Å². The second-order valence-corrected chi connectivity index (χ2v) is 5.52. The fourth-order valence-corrected chi connectivity index (χ4v) is 2.76. The number of ether oxygens (including phenoxy) is 1. The van der Waals surface area contributed by atoms with Gasteiger partial charge in [-0.25, -0.2) is 0 Å². The molecular formula is C13H23N3O3. The molecule has 2 fully saturated rings. The predicted molar refractivity (Wildman–Crippen MR) is 70.9 cm³/mol. The maximum absolute atomic E-state index is 12.4. The van der Waals surface area contributed by atoms with Gasteiger partial charge in [-0.2, -0.15) is 0 Å². The SMILES string of the molecule is NC(=NO)C1(C(=O)NCCC2CCC2)CCOCC1. The summed E-state index contributed by atoms with van der Waals surface area (Å²) in [6.45, 7) is 1.60. The van der Waals surface area contributed by atoms with Crippen LogP contribution >= 0.6 is 0 Å². The topological polar surface area (TPSA) is 96.9 Å². The second kappa shape index (κ2) is 6.23. The zero-order chi connectivity index (χ0) is 13.7. The number of carbonyl (C=O) groups excluding carboxylic acids is 1. The molecule has 2 rings (SSSR count). The minimum atomic E-state index is -0.896. The van der Waals surface area contributed by atoms with E-state index in [9.17, 15) is 4.79 Å². The van der Waals surface area contributed by atoms with Crippen molar-refractivity contribution in [3.05, 3.63) is 0 Å². The highest BCUT2D eigenvalue weighted by Crippen LogP contribution is 2.32. The first kappa shape index (κ1) is 14.1. The molecule has 6 heteroatoms. The van der Waals surface area contributed by atoms with Crippen molar-refractivity contribution in [1.29, 1.82) is 0 Å². The summed E-state index contributed by atoms with van der Waals surface area (Å²) in [7, 11) is 0. The summed E-state index contributed by atoms with van der Waals surface area (Å²) >= 11 is 0. The number of amides is 1. The Morgan fingerprint density at radius 3 is 2.63 bits per heavy atom. The van der Waals surface area contributed by atoms with Gasteiger partial charge >= 0.3 is 0 Å². The highest BCUT2D eigenvalue weighted by molar-refractivity contribution is 6.06. The van der Waals surface area contributed by atoms with Crippen LogP contribution in [0, 0.1) is 11.3 Å². The van der Waals surface area contributed by atoms with Gasteiger partial charge < -0.3 is 21.0 Å². The molecule has 1 aliphatic heterocycles. The number of carbonyl (C=O) groups is 1. The van der Waals surface area contributed by atoms with Crippen LogP contribution in [0.15, 0.2) is 5.16 Å². The van der Waals surface area contributed by atoms with Crippen LogP contribution in [0.25, 0.3) is 0 Å². The molecule has 0 unspecified atom stereocenters. The lowest BCUT2D eigenvalue weighted by Crippen LogP contribution is -2.53. The number of hydrogen-bond donors (Lipinski definition) is 3. The smallest absolute Gasteiger partial charge is 0.234 e. The third-order valence-corrected chi connectivity index (χ3v) is 4.44. The van der Waals surface area contributed by atoms with Gasteiger partial charge in [-0.3, -0.25) is 4.79 Å². The maximum Gasteiger partial charge on any atom is 0.234 e. The van der Waals surface area contributed by atoms with Crippen molar-refractivity contribution in [3.63, 3.8) is 0 Å². The number of amidine groups is 1. The Morgan fingerprint density at radius 2 is 2.11 bits per heavy atom. The summed E-state index contributed by atoms with van der Waals surface area (Å²) in [4.78, 5) is 12.4. The molecule has 1 aliphatic carbocycles. The van der Waals surface area contributed by atoms with Gasteiger partial charge in [0.25, 0.3) is 0 Å². The Labute approximate surface area is 113 Å². The molecular weight excluding hydrogens is 246 g/mol. The Kier molecular flexibility index (Phi) is 4.63. The van der Waals surface area contributed by atoms with Gasteiger partial charge in [0.15, 0.2) is 5.84 Å². The Bertz CT molecular complexity index is 347. The van der Waals surface area contributed by atoms with Gasteiger partial charge in [0.05, 0.1) is 0 Å². The Morgan fingerprint density at radius 1 is 1.42 bits per heavy atom. The van der Waals surface area contributed by atoms with E-state index in [1.807, 2.05) is 0 Å². The third-order valence-electron chi connectivity index (χ3n) is 4.44. The monoisotopic (exact) mass is 269 g/mol. The molecule has 0 aromatic carbocycles. The van der Waals surface area contributed by atoms with Crippen LogP contribution in [-0.4, -0.2) is 36.7 Å². The molecule has 0 bridgehead atoms. The van der Waals surface area contributed by atoms with Crippen molar-refractivity contribution in [3.8, 4) is 0 Å². The van der Waals surface area contributed by atoms with Gasteiger partial charge in [0, 0.05) is 19.8 Å². The van der Waals surface area contributed by atoms with Gasteiger partial charge in [-0.05, 0) is 25.2 Å². The number of nitrogens with one attached hydrogen (secondary N) is 1. The third kappa shape index (κ3) is 3.00. The fraction of sp³-hybridized carbons (Fsp3) is 0.846. The van der Waals surface area contributed by atoms with Crippen LogP contribution in [0.3, 0.4) is 0 Å². The van der Waals surface area contributed by atoms with E-state index in [-0.39, 0.29) is 11.7 Å². The lowest BCUT2D eigenvalue weighted by molar-refractivity contribution is -0.131. The number of oxime groups is 1. The summed E-state index contributed by atoms with van der Waals surface area (Å²) in [5.74, 6) is 0.622. The summed E-state index contributed by atoms with van der Waals surface area (Å²) in [5.41, 5.74) is 4.84. The van der Waals surface area contributed by atoms with Gasteiger partial charge in [0.2, 0.25) is 5.91 Å². The molecule has 1 heterocycles. The summed E-state index contributed by atoms with van der Waals surface area (Å²) in [6.07, 6.45) is 5.82. The highest BCUT2D eigenvalue weighted by atomic mass is 16.5. The highest BCUT2D eigenvalue weighted by Gasteiger charge is 2.44. The van der Waals surface area contributed by atoms with E-state index in [2.05, 4.69) is 10.5 Å². The first-order valence-electron chi connectivity index (χ1n) is 7.03. The van der Waals surface area contributed by atoms with E-state index >= 15 is 0 Å². The molecule has 0 aromatic heterocycles. The number of nitrogens with zero attached hydrogens (tertiary/aromatic N) is 1. The van der Waals surface area contributed by atoms with Gasteiger partial charge in [-0.1, -0.05) is 24.4 Å². The summed E-state index contributed by atoms with van der Waals surface area (Å²) in [6, 6.07) is 0. The Hall–Kier alpha value is -1.30. The molecule has 1 saturated carbocycles.